The Bertz CT molecular complexity index is 1340. The molecule has 1 amide bonds. The zero-order valence-corrected chi connectivity index (χ0v) is 20.9. The Morgan fingerprint density at radius 1 is 1.06 bits per heavy atom. The minimum Gasteiger partial charge on any atom is -0.496 e. The zero-order chi connectivity index (χ0) is 24.9. The van der Waals surface area contributed by atoms with Gasteiger partial charge in [-0.05, 0) is 78.7 Å². The van der Waals surface area contributed by atoms with E-state index in [2.05, 4.69) is 41.6 Å². The summed E-state index contributed by atoms with van der Waals surface area (Å²) in [6, 6.07) is 18.7. The number of amides is 1. The standard InChI is InChI=1S/C27H27N3O4S/c1-5-16(2)18-11-14-21-20(15-18)29-26(34-21)17-9-12-19(13-10-17)28-27(35)30-25(31)24-22(32-3)7-6-8-23(24)33-4/h6-16H,5H2,1-4H3,(H2,28,30,31,35)/t16-/m0/s1. The van der Waals surface area contributed by atoms with Gasteiger partial charge in [-0.25, -0.2) is 4.98 Å². The number of thiocarbonyl (C=S) groups is 1. The van der Waals surface area contributed by atoms with E-state index in [9.17, 15) is 4.79 Å². The van der Waals surface area contributed by atoms with Crippen molar-refractivity contribution in [3.8, 4) is 23.0 Å². The maximum atomic E-state index is 12.8. The van der Waals surface area contributed by atoms with Crippen LogP contribution in [0.25, 0.3) is 22.6 Å². The van der Waals surface area contributed by atoms with Crippen molar-refractivity contribution in [2.24, 2.45) is 0 Å². The minimum atomic E-state index is -0.434. The fourth-order valence-electron chi connectivity index (χ4n) is 3.71. The lowest BCUT2D eigenvalue weighted by Crippen LogP contribution is -2.34. The number of fused-ring (bicyclic) bond motifs is 1. The molecule has 180 valence electrons. The topological polar surface area (TPSA) is 85.6 Å². The minimum absolute atomic E-state index is 0.148. The van der Waals surface area contributed by atoms with Crippen LogP contribution in [0.2, 0.25) is 0 Å². The SMILES string of the molecule is CC[C@H](C)c1ccc2oc(-c3ccc(NC(=S)NC(=O)c4c(OC)cccc4OC)cc3)nc2c1. The number of nitrogens with one attached hydrogen (secondary N) is 2. The van der Waals surface area contributed by atoms with E-state index in [4.69, 9.17) is 26.1 Å². The molecule has 0 bridgehead atoms. The molecule has 0 spiro atoms. The number of hydrogen-bond donors (Lipinski definition) is 2. The number of oxazole rings is 1. The molecule has 0 aliphatic rings. The van der Waals surface area contributed by atoms with Crippen LogP contribution in [0.4, 0.5) is 5.69 Å². The van der Waals surface area contributed by atoms with E-state index < -0.39 is 5.91 Å². The Morgan fingerprint density at radius 3 is 2.37 bits per heavy atom. The number of hydrogen-bond acceptors (Lipinski definition) is 6. The normalized spacial score (nSPS) is 11.7. The van der Waals surface area contributed by atoms with Gasteiger partial charge in [0.25, 0.3) is 5.91 Å². The number of benzene rings is 3. The molecule has 4 rings (SSSR count). The van der Waals surface area contributed by atoms with E-state index in [1.165, 1.54) is 19.8 Å². The quantitative estimate of drug-likeness (QED) is 0.301. The number of ether oxygens (including phenoxy) is 2. The summed E-state index contributed by atoms with van der Waals surface area (Å²) in [4.78, 5) is 17.5. The highest BCUT2D eigenvalue weighted by Gasteiger charge is 2.19. The fraction of sp³-hybridized carbons (Fsp3) is 0.222. The number of rotatable bonds is 7. The predicted molar refractivity (Wildman–Crippen MR) is 141 cm³/mol. The maximum Gasteiger partial charge on any atom is 0.264 e. The van der Waals surface area contributed by atoms with Gasteiger partial charge in [0.15, 0.2) is 10.7 Å². The molecule has 0 fully saturated rings. The third-order valence-corrected chi connectivity index (χ3v) is 6.07. The van der Waals surface area contributed by atoms with Crippen LogP contribution in [0.15, 0.2) is 65.1 Å². The highest BCUT2D eigenvalue weighted by molar-refractivity contribution is 7.80. The highest BCUT2D eigenvalue weighted by Crippen LogP contribution is 2.29. The van der Waals surface area contributed by atoms with Gasteiger partial charge >= 0.3 is 0 Å². The second-order valence-corrected chi connectivity index (χ2v) is 8.49. The summed E-state index contributed by atoms with van der Waals surface area (Å²) in [5.41, 5.74) is 4.66. The highest BCUT2D eigenvalue weighted by atomic mass is 32.1. The summed E-state index contributed by atoms with van der Waals surface area (Å²) in [5.74, 6) is 1.37. The van der Waals surface area contributed by atoms with Gasteiger partial charge in [-0.1, -0.05) is 26.0 Å². The van der Waals surface area contributed by atoms with Crippen molar-refractivity contribution >= 4 is 40.0 Å². The molecule has 1 atom stereocenters. The molecule has 0 aliphatic carbocycles. The first-order valence-electron chi connectivity index (χ1n) is 11.3. The largest absolute Gasteiger partial charge is 0.496 e. The second kappa shape index (κ2) is 10.6. The third kappa shape index (κ3) is 5.27. The van der Waals surface area contributed by atoms with E-state index in [-0.39, 0.29) is 10.7 Å². The molecule has 1 aromatic heterocycles. The summed E-state index contributed by atoms with van der Waals surface area (Å²) in [7, 11) is 2.98. The Hall–Kier alpha value is -3.91. The molecule has 3 aromatic carbocycles. The Morgan fingerprint density at radius 2 is 1.74 bits per heavy atom. The van der Waals surface area contributed by atoms with Gasteiger partial charge < -0.3 is 19.2 Å². The summed E-state index contributed by atoms with van der Waals surface area (Å²) in [5, 5.41) is 5.83. The lowest BCUT2D eigenvalue weighted by atomic mass is 9.98. The van der Waals surface area contributed by atoms with Crippen molar-refractivity contribution in [3.63, 3.8) is 0 Å². The van der Waals surface area contributed by atoms with Crippen LogP contribution in [0, 0.1) is 0 Å². The lowest BCUT2D eigenvalue weighted by Gasteiger charge is -2.14. The van der Waals surface area contributed by atoms with Crippen LogP contribution in [0.1, 0.15) is 42.1 Å². The molecule has 0 saturated heterocycles. The Kier molecular flexibility index (Phi) is 7.31. The van der Waals surface area contributed by atoms with Crippen molar-refractivity contribution in [3.05, 3.63) is 71.8 Å². The molecule has 0 aliphatic heterocycles. The summed E-state index contributed by atoms with van der Waals surface area (Å²) >= 11 is 5.33. The number of carbonyl (C=O) groups is 1. The number of nitrogens with zero attached hydrogens (tertiary/aromatic N) is 1. The Labute approximate surface area is 209 Å². The van der Waals surface area contributed by atoms with Crippen LogP contribution in [-0.4, -0.2) is 30.2 Å². The van der Waals surface area contributed by atoms with Gasteiger partial charge in [-0.3, -0.25) is 10.1 Å². The smallest absolute Gasteiger partial charge is 0.264 e. The van der Waals surface area contributed by atoms with Gasteiger partial charge in [-0.15, -0.1) is 0 Å². The van der Waals surface area contributed by atoms with Crippen LogP contribution in [-0.2, 0) is 0 Å². The second-order valence-electron chi connectivity index (χ2n) is 8.08. The van der Waals surface area contributed by atoms with E-state index in [1.807, 2.05) is 30.3 Å². The van der Waals surface area contributed by atoms with Gasteiger partial charge in [0.05, 0.1) is 14.2 Å². The number of methoxy groups -OCH3 is 2. The average molecular weight is 490 g/mol. The molecule has 4 aromatic rings. The van der Waals surface area contributed by atoms with Gasteiger partial charge in [0.2, 0.25) is 5.89 Å². The predicted octanol–water partition coefficient (Wildman–Crippen LogP) is 6.15. The molecule has 35 heavy (non-hydrogen) atoms. The van der Waals surface area contributed by atoms with Crippen LogP contribution >= 0.6 is 12.2 Å². The van der Waals surface area contributed by atoms with Crippen LogP contribution in [0.3, 0.4) is 0 Å². The third-order valence-electron chi connectivity index (χ3n) is 5.86. The first-order chi connectivity index (χ1) is 16.9. The molecule has 2 N–H and O–H groups in total. The molecule has 0 unspecified atom stereocenters. The first-order valence-corrected chi connectivity index (χ1v) is 11.7. The van der Waals surface area contributed by atoms with Crippen molar-refractivity contribution in [1.29, 1.82) is 0 Å². The summed E-state index contributed by atoms with van der Waals surface area (Å²) < 4.78 is 16.5. The number of anilines is 1. The van der Waals surface area contributed by atoms with Gasteiger partial charge in [0.1, 0.15) is 22.6 Å². The molecule has 0 saturated carbocycles. The average Bonchev–Trinajstić information content (AvgIpc) is 3.31. The van der Waals surface area contributed by atoms with Crippen molar-refractivity contribution < 1.29 is 18.7 Å². The monoisotopic (exact) mass is 489 g/mol. The maximum absolute atomic E-state index is 12.8. The van der Waals surface area contributed by atoms with Crippen molar-refractivity contribution in [2.75, 3.05) is 19.5 Å². The molecular formula is C27H27N3O4S. The lowest BCUT2D eigenvalue weighted by molar-refractivity contribution is 0.0971. The molecule has 8 heteroatoms. The van der Waals surface area contributed by atoms with Crippen molar-refractivity contribution in [1.82, 2.24) is 10.3 Å². The van der Waals surface area contributed by atoms with E-state index in [0.29, 0.717) is 29.0 Å². The first kappa shape index (κ1) is 24.2. The fourth-order valence-corrected chi connectivity index (χ4v) is 3.92. The summed E-state index contributed by atoms with van der Waals surface area (Å²) in [6.45, 7) is 4.37. The summed E-state index contributed by atoms with van der Waals surface area (Å²) in [6.07, 6.45) is 1.07. The van der Waals surface area contributed by atoms with E-state index in [1.54, 1.807) is 18.2 Å². The van der Waals surface area contributed by atoms with E-state index in [0.717, 1.165) is 23.1 Å². The Balaban J connectivity index is 1.45. The van der Waals surface area contributed by atoms with Gasteiger partial charge in [-0.2, -0.15) is 0 Å². The van der Waals surface area contributed by atoms with Crippen LogP contribution < -0.4 is 20.1 Å². The molecular weight excluding hydrogens is 462 g/mol. The van der Waals surface area contributed by atoms with Crippen molar-refractivity contribution in [2.45, 2.75) is 26.2 Å². The number of aromatic nitrogens is 1. The molecule has 7 nitrogen and oxygen atoms in total. The number of carbonyl (C=O) groups excluding carboxylic acids is 1. The molecule has 0 radical (unpaired) electrons. The van der Waals surface area contributed by atoms with Crippen LogP contribution in [0.5, 0.6) is 11.5 Å². The zero-order valence-electron chi connectivity index (χ0n) is 20.0. The molecule has 1 heterocycles. The van der Waals surface area contributed by atoms with E-state index >= 15 is 0 Å². The van der Waals surface area contributed by atoms with Gasteiger partial charge in [0, 0.05) is 11.3 Å².